The Balaban J connectivity index is 1.79. The Labute approximate surface area is 168 Å². The number of carbonyl (C=O) groups is 1. The van der Waals surface area contributed by atoms with Gasteiger partial charge in [-0.1, -0.05) is 18.2 Å². The molecule has 0 saturated heterocycles. The van der Waals surface area contributed by atoms with Crippen LogP contribution in [-0.4, -0.2) is 27.7 Å². The Bertz CT molecular complexity index is 1190. The van der Waals surface area contributed by atoms with Gasteiger partial charge in [-0.05, 0) is 45.4 Å². The summed E-state index contributed by atoms with van der Waals surface area (Å²) in [5.41, 5.74) is 2.40. The third-order valence-electron chi connectivity index (χ3n) is 6.62. The van der Waals surface area contributed by atoms with Crippen molar-refractivity contribution < 1.29 is 4.79 Å². The molecule has 1 amide bonds. The largest absolute Gasteiger partial charge is 0.308 e. The van der Waals surface area contributed by atoms with E-state index in [0.717, 1.165) is 47.0 Å². The average Bonchev–Trinajstić information content (AvgIpc) is 3.21. The predicted molar refractivity (Wildman–Crippen MR) is 110 cm³/mol. The Hall–Kier alpha value is -3.24. The van der Waals surface area contributed by atoms with Crippen LogP contribution in [0.4, 0.5) is 5.82 Å². The highest BCUT2D eigenvalue weighted by Gasteiger charge is 2.46. The van der Waals surface area contributed by atoms with Gasteiger partial charge in [0.25, 0.3) is 0 Å². The molecule has 2 aromatic heterocycles. The monoisotopic (exact) mass is 386 g/mol. The Morgan fingerprint density at radius 3 is 2.79 bits per heavy atom. The molecule has 0 spiro atoms. The van der Waals surface area contributed by atoms with Gasteiger partial charge < -0.3 is 10.6 Å². The fourth-order valence-corrected chi connectivity index (χ4v) is 4.67. The quantitative estimate of drug-likeness (QED) is 0.717. The van der Waals surface area contributed by atoms with Crippen LogP contribution in [0.5, 0.6) is 0 Å². The van der Waals surface area contributed by atoms with Crippen molar-refractivity contribution in [3.05, 3.63) is 42.1 Å². The summed E-state index contributed by atoms with van der Waals surface area (Å²) >= 11 is 0. The number of anilines is 1. The van der Waals surface area contributed by atoms with E-state index >= 15 is 0 Å². The number of nitriles is 1. The lowest BCUT2D eigenvalue weighted by molar-refractivity contribution is -0.121. The number of hydrogen-bond acceptors (Lipinski definition) is 5. The Morgan fingerprint density at radius 2 is 2.10 bits per heavy atom. The van der Waals surface area contributed by atoms with Crippen LogP contribution in [0.1, 0.15) is 38.2 Å². The number of pyridine rings is 1. The first-order chi connectivity index (χ1) is 14.0. The van der Waals surface area contributed by atoms with Crippen molar-refractivity contribution in [2.45, 2.75) is 43.7 Å². The van der Waals surface area contributed by atoms with Crippen molar-refractivity contribution in [3.63, 3.8) is 0 Å². The van der Waals surface area contributed by atoms with Crippen LogP contribution >= 0.6 is 0 Å². The van der Waals surface area contributed by atoms with E-state index in [4.69, 9.17) is 5.10 Å². The molecule has 0 unspecified atom stereocenters. The van der Waals surface area contributed by atoms with Gasteiger partial charge in [0.1, 0.15) is 17.1 Å². The number of hydrogen-bond donors (Lipinski definition) is 2. The third-order valence-corrected chi connectivity index (χ3v) is 6.62. The molecule has 1 atom stereocenters. The van der Waals surface area contributed by atoms with Crippen LogP contribution in [-0.2, 0) is 15.9 Å². The van der Waals surface area contributed by atoms with Crippen LogP contribution < -0.4 is 10.6 Å². The number of nitrogens with zero attached hydrogens (tertiary/aromatic N) is 4. The van der Waals surface area contributed by atoms with Gasteiger partial charge in [0, 0.05) is 22.7 Å². The van der Waals surface area contributed by atoms with E-state index < -0.39 is 5.54 Å². The molecule has 1 aliphatic heterocycles. The summed E-state index contributed by atoms with van der Waals surface area (Å²) in [6, 6.07) is 12.4. The minimum atomic E-state index is -0.884. The molecule has 1 saturated carbocycles. The normalized spacial score (nSPS) is 22.0. The number of nitrogens with one attached hydrogen (secondary N) is 2. The third kappa shape index (κ3) is 2.29. The van der Waals surface area contributed by atoms with Crippen molar-refractivity contribution in [2.24, 2.45) is 0 Å². The van der Waals surface area contributed by atoms with Crippen molar-refractivity contribution in [3.8, 4) is 17.3 Å². The molecular weight excluding hydrogens is 364 g/mol. The SMILES string of the molecule is CN[C@]1(C)C(=O)Nc2nccc(-c3nn(C4(CC#N)CCC4)c4ccccc34)c21. The Morgan fingerprint density at radius 1 is 1.31 bits per heavy atom. The van der Waals surface area contributed by atoms with Crippen LogP contribution in [0.2, 0.25) is 0 Å². The molecule has 5 rings (SSSR count). The first-order valence-corrected chi connectivity index (χ1v) is 9.89. The second-order valence-electron chi connectivity index (χ2n) is 8.10. The summed E-state index contributed by atoms with van der Waals surface area (Å²) in [6.07, 6.45) is 5.16. The maximum atomic E-state index is 12.7. The summed E-state index contributed by atoms with van der Waals surface area (Å²) in [5.74, 6) is 0.442. The molecule has 2 aliphatic rings. The van der Waals surface area contributed by atoms with Crippen molar-refractivity contribution in [1.29, 1.82) is 5.26 Å². The number of fused-ring (bicyclic) bond motifs is 2. The highest BCUT2D eigenvalue weighted by Crippen LogP contribution is 2.46. The summed E-state index contributed by atoms with van der Waals surface area (Å²) in [4.78, 5) is 17.0. The molecule has 7 nitrogen and oxygen atoms in total. The average molecular weight is 386 g/mol. The summed E-state index contributed by atoms with van der Waals surface area (Å²) in [6.45, 7) is 1.86. The highest BCUT2D eigenvalue weighted by atomic mass is 16.2. The van der Waals surface area contributed by atoms with E-state index in [-0.39, 0.29) is 11.4 Å². The molecule has 29 heavy (non-hydrogen) atoms. The van der Waals surface area contributed by atoms with Gasteiger partial charge in [0.05, 0.1) is 23.5 Å². The zero-order valence-electron chi connectivity index (χ0n) is 16.5. The molecular formula is C22H22N6O. The standard InChI is InChI=1S/C22H22N6O/c1-21(24-2)17-15(8-13-25-19(17)26-20(21)29)18-14-6-3-4-7-16(14)28(27-18)22(11-12-23)9-5-10-22/h3-4,6-8,13,24H,5,9-11H2,1-2H3,(H,25,26,29)/t21-/m0/s1. The lowest BCUT2D eigenvalue weighted by atomic mass is 9.74. The van der Waals surface area contributed by atoms with Crippen LogP contribution in [0.3, 0.4) is 0 Å². The molecule has 3 aromatic rings. The summed E-state index contributed by atoms with van der Waals surface area (Å²) in [7, 11) is 1.78. The molecule has 1 fully saturated rings. The maximum Gasteiger partial charge on any atom is 0.250 e. The maximum absolute atomic E-state index is 12.7. The molecule has 7 heteroatoms. The Kier molecular flexibility index (Phi) is 3.77. The lowest BCUT2D eigenvalue weighted by Gasteiger charge is -2.40. The van der Waals surface area contributed by atoms with Gasteiger partial charge in [-0.15, -0.1) is 0 Å². The first kappa shape index (κ1) is 17.8. The zero-order valence-corrected chi connectivity index (χ0v) is 16.5. The summed E-state index contributed by atoms with van der Waals surface area (Å²) < 4.78 is 2.05. The van der Waals surface area contributed by atoms with Gasteiger partial charge in [-0.25, -0.2) is 4.98 Å². The van der Waals surface area contributed by atoms with Crippen LogP contribution in [0.25, 0.3) is 22.2 Å². The van der Waals surface area contributed by atoms with E-state index in [9.17, 15) is 10.1 Å². The predicted octanol–water partition coefficient (Wildman–Crippen LogP) is 3.28. The zero-order chi connectivity index (χ0) is 20.2. The molecule has 3 heterocycles. The number of rotatable bonds is 4. The fraction of sp³-hybridized carbons (Fsp3) is 0.364. The second-order valence-corrected chi connectivity index (χ2v) is 8.10. The number of likely N-dealkylation sites (N-methyl/N-ethyl adjacent to an activating group) is 1. The van der Waals surface area contributed by atoms with Gasteiger partial charge in [-0.3, -0.25) is 9.48 Å². The second kappa shape index (κ2) is 6.13. The van der Waals surface area contributed by atoms with Crippen LogP contribution in [0.15, 0.2) is 36.5 Å². The first-order valence-electron chi connectivity index (χ1n) is 9.89. The van der Waals surface area contributed by atoms with E-state index in [1.165, 1.54) is 0 Å². The van der Waals surface area contributed by atoms with Crippen LogP contribution in [0, 0.1) is 11.3 Å². The fourth-order valence-electron chi connectivity index (χ4n) is 4.67. The molecule has 1 aromatic carbocycles. The molecule has 2 N–H and O–H groups in total. The molecule has 0 radical (unpaired) electrons. The highest BCUT2D eigenvalue weighted by molar-refractivity contribution is 6.08. The molecule has 0 bridgehead atoms. The van der Waals surface area contributed by atoms with E-state index in [1.807, 2.05) is 25.1 Å². The lowest BCUT2D eigenvalue weighted by Crippen LogP contribution is -2.43. The van der Waals surface area contributed by atoms with Gasteiger partial charge in [0.2, 0.25) is 5.91 Å². The van der Waals surface area contributed by atoms with E-state index in [1.54, 1.807) is 13.2 Å². The number of benzene rings is 1. The van der Waals surface area contributed by atoms with E-state index in [0.29, 0.717) is 12.2 Å². The minimum absolute atomic E-state index is 0.126. The van der Waals surface area contributed by atoms with Gasteiger partial charge in [0.15, 0.2) is 0 Å². The molecule has 146 valence electrons. The van der Waals surface area contributed by atoms with E-state index in [2.05, 4.69) is 38.5 Å². The number of carbonyl (C=O) groups excluding carboxylic acids is 1. The number of aromatic nitrogens is 3. The minimum Gasteiger partial charge on any atom is -0.308 e. The molecule has 1 aliphatic carbocycles. The summed E-state index contributed by atoms with van der Waals surface area (Å²) in [5, 5.41) is 21.5. The van der Waals surface area contributed by atoms with Crippen molar-refractivity contribution in [2.75, 3.05) is 12.4 Å². The number of para-hydroxylation sites is 1. The smallest absolute Gasteiger partial charge is 0.250 e. The topological polar surface area (TPSA) is 95.6 Å². The van der Waals surface area contributed by atoms with Crippen molar-refractivity contribution >= 4 is 22.6 Å². The number of amides is 1. The van der Waals surface area contributed by atoms with Crippen molar-refractivity contribution in [1.82, 2.24) is 20.1 Å². The van der Waals surface area contributed by atoms with Gasteiger partial charge >= 0.3 is 0 Å². The van der Waals surface area contributed by atoms with Gasteiger partial charge in [-0.2, -0.15) is 10.4 Å².